The smallest absolute Gasteiger partial charge is 0.341 e. The molecular weight excluding hydrogens is 339 g/mol. The van der Waals surface area contributed by atoms with Crippen molar-refractivity contribution in [2.45, 2.75) is 31.8 Å². The Morgan fingerprint density at radius 2 is 2.12 bits per heavy atom. The van der Waals surface area contributed by atoms with Gasteiger partial charge in [0.15, 0.2) is 11.6 Å². The SMILES string of the molecule is CNC1CN(c2nc3c(cc2F)c(=O)c(C(=O)O)cn3C2CC2)CC1C. The Morgan fingerprint density at radius 3 is 2.69 bits per heavy atom. The lowest BCUT2D eigenvalue weighted by atomic mass is 10.1. The molecule has 26 heavy (non-hydrogen) atoms. The van der Waals surface area contributed by atoms with Gasteiger partial charge in [0.1, 0.15) is 11.2 Å². The van der Waals surface area contributed by atoms with Crippen molar-refractivity contribution in [1.29, 1.82) is 0 Å². The lowest BCUT2D eigenvalue weighted by Gasteiger charge is -2.20. The number of nitrogens with zero attached hydrogens (tertiary/aromatic N) is 3. The molecule has 1 aliphatic heterocycles. The second-order valence-electron chi connectivity index (χ2n) is 7.26. The Balaban J connectivity index is 1.89. The number of pyridine rings is 2. The molecule has 2 unspecified atom stereocenters. The normalized spacial score (nSPS) is 23.0. The number of hydrogen-bond donors (Lipinski definition) is 2. The van der Waals surface area contributed by atoms with Gasteiger partial charge in [-0.15, -0.1) is 0 Å². The first-order chi connectivity index (χ1) is 12.4. The molecule has 1 saturated heterocycles. The van der Waals surface area contributed by atoms with Crippen LogP contribution in [-0.4, -0.2) is 46.8 Å². The number of carbonyl (C=O) groups is 1. The monoisotopic (exact) mass is 360 g/mol. The summed E-state index contributed by atoms with van der Waals surface area (Å²) in [5.74, 6) is -1.33. The highest BCUT2D eigenvalue weighted by Gasteiger charge is 2.32. The molecule has 4 rings (SSSR count). The van der Waals surface area contributed by atoms with Crippen molar-refractivity contribution in [2.24, 2.45) is 5.92 Å². The highest BCUT2D eigenvalue weighted by atomic mass is 19.1. The highest BCUT2D eigenvalue weighted by molar-refractivity contribution is 5.92. The van der Waals surface area contributed by atoms with E-state index >= 15 is 0 Å². The Kier molecular flexibility index (Phi) is 3.95. The van der Waals surface area contributed by atoms with Crippen LogP contribution in [0.25, 0.3) is 11.0 Å². The van der Waals surface area contributed by atoms with Crippen LogP contribution >= 0.6 is 0 Å². The molecule has 2 atom stereocenters. The molecule has 2 aromatic rings. The van der Waals surface area contributed by atoms with E-state index in [1.807, 2.05) is 11.9 Å². The molecule has 1 aliphatic carbocycles. The first kappa shape index (κ1) is 17.0. The molecule has 0 spiro atoms. The number of carboxylic acids is 1. The van der Waals surface area contributed by atoms with Crippen LogP contribution in [0.3, 0.4) is 0 Å². The van der Waals surface area contributed by atoms with E-state index in [4.69, 9.17) is 0 Å². The minimum atomic E-state index is -1.30. The van der Waals surface area contributed by atoms with Crippen LogP contribution in [0, 0.1) is 11.7 Å². The third-order valence-electron chi connectivity index (χ3n) is 5.39. The molecule has 0 bridgehead atoms. The molecule has 1 saturated carbocycles. The predicted octanol–water partition coefficient (Wildman–Crippen LogP) is 1.61. The number of likely N-dealkylation sites (N-methyl/N-ethyl adjacent to an activating group) is 1. The van der Waals surface area contributed by atoms with Crippen LogP contribution in [0.2, 0.25) is 0 Å². The van der Waals surface area contributed by atoms with E-state index in [1.54, 1.807) is 4.57 Å². The van der Waals surface area contributed by atoms with Crippen molar-refractivity contribution in [3.05, 3.63) is 33.9 Å². The van der Waals surface area contributed by atoms with Crippen molar-refractivity contribution < 1.29 is 14.3 Å². The molecule has 2 aliphatic rings. The summed E-state index contributed by atoms with van der Waals surface area (Å²) in [4.78, 5) is 30.2. The first-order valence-electron chi connectivity index (χ1n) is 8.81. The lowest BCUT2D eigenvalue weighted by Crippen LogP contribution is -2.32. The molecule has 2 aromatic heterocycles. The maximum absolute atomic E-state index is 14.8. The maximum atomic E-state index is 14.8. The zero-order chi connectivity index (χ0) is 18.6. The van der Waals surface area contributed by atoms with Gasteiger partial charge in [-0.1, -0.05) is 6.92 Å². The van der Waals surface area contributed by atoms with Crippen LogP contribution < -0.4 is 15.6 Å². The molecule has 0 amide bonds. The molecule has 8 heteroatoms. The van der Waals surface area contributed by atoms with Crippen molar-refractivity contribution in [3.8, 4) is 0 Å². The minimum Gasteiger partial charge on any atom is -0.477 e. The van der Waals surface area contributed by atoms with Gasteiger partial charge in [-0.25, -0.2) is 14.2 Å². The van der Waals surface area contributed by atoms with Crippen LogP contribution in [0.1, 0.15) is 36.2 Å². The topological polar surface area (TPSA) is 87.5 Å². The van der Waals surface area contributed by atoms with Gasteiger partial charge >= 0.3 is 5.97 Å². The molecule has 2 N–H and O–H groups in total. The number of halogens is 1. The number of aromatic carboxylic acids is 1. The predicted molar refractivity (Wildman–Crippen MR) is 95.4 cm³/mol. The fourth-order valence-corrected chi connectivity index (χ4v) is 3.76. The van der Waals surface area contributed by atoms with Crippen molar-refractivity contribution in [2.75, 3.05) is 25.0 Å². The zero-order valence-corrected chi connectivity index (χ0v) is 14.7. The lowest BCUT2D eigenvalue weighted by molar-refractivity contribution is 0.0695. The Bertz CT molecular complexity index is 954. The summed E-state index contributed by atoms with van der Waals surface area (Å²) in [6.07, 6.45) is 3.14. The van der Waals surface area contributed by atoms with E-state index in [1.165, 1.54) is 6.20 Å². The summed E-state index contributed by atoms with van der Waals surface area (Å²) >= 11 is 0. The molecule has 0 radical (unpaired) electrons. The van der Waals surface area contributed by atoms with E-state index in [0.717, 1.165) is 18.9 Å². The van der Waals surface area contributed by atoms with Gasteiger partial charge in [-0.3, -0.25) is 4.79 Å². The summed E-state index contributed by atoms with van der Waals surface area (Å²) in [6.45, 7) is 3.40. The number of fused-ring (bicyclic) bond motifs is 1. The first-order valence-corrected chi connectivity index (χ1v) is 8.81. The van der Waals surface area contributed by atoms with Crippen LogP contribution in [0.4, 0.5) is 10.2 Å². The van der Waals surface area contributed by atoms with Crippen LogP contribution in [0.15, 0.2) is 17.1 Å². The van der Waals surface area contributed by atoms with Gasteiger partial charge in [-0.05, 0) is 31.9 Å². The standard InChI is InChI=1S/C18H21FN4O3/c1-9-6-22(8-14(9)20-2)17-13(19)5-11-15(24)12(18(25)26)7-23(10-3-4-10)16(11)21-17/h5,7,9-10,14,20H,3-4,6,8H2,1-2H3,(H,25,26). The van der Waals surface area contributed by atoms with E-state index in [9.17, 15) is 19.1 Å². The Hall–Kier alpha value is -2.48. The van der Waals surface area contributed by atoms with Crippen LogP contribution in [0.5, 0.6) is 0 Å². The zero-order valence-electron chi connectivity index (χ0n) is 14.7. The van der Waals surface area contributed by atoms with Gasteiger partial charge < -0.3 is 19.9 Å². The summed E-state index contributed by atoms with van der Waals surface area (Å²) in [7, 11) is 1.88. The molecule has 3 heterocycles. The fourth-order valence-electron chi connectivity index (χ4n) is 3.76. The summed E-state index contributed by atoms with van der Waals surface area (Å²) < 4.78 is 16.5. The number of hydrogen-bond acceptors (Lipinski definition) is 5. The summed E-state index contributed by atoms with van der Waals surface area (Å²) in [5, 5.41) is 12.5. The van der Waals surface area contributed by atoms with E-state index < -0.39 is 17.2 Å². The minimum absolute atomic E-state index is 0.0236. The summed E-state index contributed by atoms with van der Waals surface area (Å²) in [6, 6.07) is 1.50. The van der Waals surface area contributed by atoms with Crippen molar-refractivity contribution in [1.82, 2.24) is 14.9 Å². The molecule has 7 nitrogen and oxygen atoms in total. The second-order valence-corrected chi connectivity index (χ2v) is 7.26. The molecule has 2 fully saturated rings. The molecule has 0 aromatic carbocycles. The fraction of sp³-hybridized carbons (Fsp3) is 0.500. The summed E-state index contributed by atoms with van der Waals surface area (Å²) in [5.41, 5.74) is -0.673. The van der Waals surface area contributed by atoms with Crippen LogP contribution in [-0.2, 0) is 0 Å². The quantitative estimate of drug-likeness (QED) is 0.861. The van der Waals surface area contributed by atoms with Gasteiger partial charge in [-0.2, -0.15) is 0 Å². The highest BCUT2D eigenvalue weighted by Crippen LogP contribution is 2.37. The van der Waals surface area contributed by atoms with Gasteiger partial charge in [0.25, 0.3) is 0 Å². The van der Waals surface area contributed by atoms with Gasteiger partial charge in [0, 0.05) is 31.4 Å². The Labute approximate surface area is 149 Å². The number of nitrogens with one attached hydrogen (secondary N) is 1. The van der Waals surface area contributed by atoms with Crippen molar-refractivity contribution in [3.63, 3.8) is 0 Å². The third kappa shape index (κ3) is 2.65. The average molecular weight is 360 g/mol. The second kappa shape index (κ2) is 6.05. The Morgan fingerprint density at radius 1 is 1.38 bits per heavy atom. The van der Waals surface area contributed by atoms with E-state index in [-0.39, 0.29) is 28.9 Å². The van der Waals surface area contributed by atoms with Gasteiger partial charge in [0.2, 0.25) is 5.43 Å². The largest absolute Gasteiger partial charge is 0.477 e. The molecule has 138 valence electrons. The average Bonchev–Trinajstić information content (AvgIpc) is 3.37. The third-order valence-corrected chi connectivity index (χ3v) is 5.39. The molecular formula is C18H21FN4O3. The number of carboxylic acid groups (broad SMARTS) is 1. The number of anilines is 1. The van der Waals surface area contributed by atoms with E-state index in [2.05, 4.69) is 17.2 Å². The number of rotatable bonds is 4. The number of aromatic nitrogens is 2. The maximum Gasteiger partial charge on any atom is 0.341 e. The van der Waals surface area contributed by atoms with Crippen molar-refractivity contribution >= 4 is 22.8 Å². The van der Waals surface area contributed by atoms with Gasteiger partial charge in [0.05, 0.1) is 5.39 Å². The van der Waals surface area contributed by atoms with E-state index in [0.29, 0.717) is 24.7 Å².